The van der Waals surface area contributed by atoms with Gasteiger partial charge in [0.15, 0.2) is 5.82 Å². The fraction of sp³-hybridized carbons (Fsp3) is 0.267. The highest BCUT2D eigenvalue weighted by Gasteiger charge is 2.49. The van der Waals surface area contributed by atoms with Crippen LogP contribution in [0.4, 0.5) is 17.3 Å². The van der Waals surface area contributed by atoms with E-state index >= 15 is 0 Å². The molecule has 190 valence electrons. The van der Waals surface area contributed by atoms with Gasteiger partial charge in [-0.1, -0.05) is 48.5 Å². The highest BCUT2D eigenvalue weighted by Crippen LogP contribution is 2.43. The summed E-state index contributed by atoms with van der Waals surface area (Å²) in [7, 11) is 1.74. The number of pyridine rings is 1. The van der Waals surface area contributed by atoms with E-state index < -0.39 is 6.02 Å². The van der Waals surface area contributed by atoms with Crippen molar-refractivity contribution in [3.63, 3.8) is 0 Å². The molecule has 0 radical (unpaired) electrons. The summed E-state index contributed by atoms with van der Waals surface area (Å²) in [6, 6.07) is 23.0. The van der Waals surface area contributed by atoms with Gasteiger partial charge in [-0.3, -0.25) is 19.6 Å². The van der Waals surface area contributed by atoms with Crippen LogP contribution >= 0.6 is 0 Å². The van der Waals surface area contributed by atoms with Gasteiger partial charge in [0, 0.05) is 24.0 Å². The Morgan fingerprint density at radius 3 is 2.63 bits per heavy atom. The molecular formula is C30H29N7O. The van der Waals surface area contributed by atoms with Gasteiger partial charge in [0.05, 0.1) is 25.7 Å². The predicted molar refractivity (Wildman–Crippen MR) is 149 cm³/mol. The van der Waals surface area contributed by atoms with E-state index in [1.165, 1.54) is 0 Å². The quantitative estimate of drug-likeness (QED) is 0.403. The molecule has 4 heterocycles. The number of benzene rings is 2. The molecule has 1 amide bonds. The number of aliphatic imine (C=N–C) groups is 1. The number of para-hydroxylation sites is 1. The molecule has 1 fully saturated rings. The smallest absolute Gasteiger partial charge is 0.267 e. The molecule has 8 heteroatoms. The number of carbonyl (C=O) groups excluding carboxylic acids is 1. The van der Waals surface area contributed by atoms with Crippen molar-refractivity contribution < 1.29 is 6.17 Å². The molecule has 4 aromatic rings. The molecule has 2 aliphatic heterocycles. The number of fused-ring (bicyclic) bond motifs is 5. The van der Waals surface area contributed by atoms with Crippen LogP contribution in [0.3, 0.4) is 0 Å². The van der Waals surface area contributed by atoms with E-state index in [2.05, 4.69) is 34.6 Å². The van der Waals surface area contributed by atoms with Gasteiger partial charge >= 0.3 is 0 Å². The number of nitrogens with zero attached hydrogens (tertiary/aromatic N) is 6. The molecule has 38 heavy (non-hydrogen) atoms. The Morgan fingerprint density at radius 1 is 1.03 bits per heavy atom. The lowest BCUT2D eigenvalue weighted by molar-refractivity contribution is 0.0866. The minimum Gasteiger partial charge on any atom is -0.340 e. The highest BCUT2D eigenvalue weighted by molar-refractivity contribution is 6.21. The molecule has 3 aliphatic rings. The number of amides is 1. The van der Waals surface area contributed by atoms with Crippen LogP contribution in [0, 0.1) is 6.92 Å². The van der Waals surface area contributed by atoms with Crippen molar-refractivity contribution in [1.82, 2.24) is 19.7 Å². The van der Waals surface area contributed by atoms with Crippen molar-refractivity contribution in [2.45, 2.75) is 44.8 Å². The number of hydrogen-bond acceptors (Lipinski definition) is 6. The Kier molecular flexibility index (Phi) is 5.02. The minimum absolute atomic E-state index is 0.160. The number of guanidine groups is 1. The lowest BCUT2D eigenvalue weighted by atomic mass is 10.1. The van der Waals surface area contributed by atoms with Crippen molar-refractivity contribution in [2.24, 2.45) is 4.99 Å². The maximum atomic E-state index is 13.7. The first-order valence-electron chi connectivity index (χ1n) is 13.5. The van der Waals surface area contributed by atoms with E-state index in [1.54, 1.807) is 11.9 Å². The zero-order valence-electron chi connectivity index (χ0n) is 22.4. The highest BCUT2D eigenvalue weighted by atomic mass is 16.2. The molecule has 2 aromatic carbocycles. The first kappa shape index (κ1) is 21.6. The van der Waals surface area contributed by atoms with Crippen LogP contribution < -0.4 is 10.2 Å². The van der Waals surface area contributed by atoms with E-state index in [9.17, 15) is 6.17 Å². The fourth-order valence-electron chi connectivity index (χ4n) is 5.62. The number of anilines is 3. The molecule has 1 saturated carbocycles. The van der Waals surface area contributed by atoms with Crippen LogP contribution in [0.25, 0.3) is 11.3 Å². The molecule has 8 nitrogen and oxygen atoms in total. The Morgan fingerprint density at radius 2 is 1.84 bits per heavy atom. The third-order valence-corrected chi connectivity index (χ3v) is 7.52. The minimum atomic E-state index is -0.926. The first-order chi connectivity index (χ1) is 18.9. The summed E-state index contributed by atoms with van der Waals surface area (Å²) in [4.78, 5) is 26.7. The summed E-state index contributed by atoms with van der Waals surface area (Å²) in [6.45, 7) is 2.44. The predicted octanol–water partition coefficient (Wildman–Crippen LogP) is 5.23. The van der Waals surface area contributed by atoms with Gasteiger partial charge in [-0.05, 0) is 56.0 Å². The summed E-state index contributed by atoms with van der Waals surface area (Å²) >= 11 is 0. The van der Waals surface area contributed by atoms with Gasteiger partial charge < -0.3 is 5.32 Å². The van der Waals surface area contributed by atoms with Gasteiger partial charge in [0.25, 0.3) is 5.91 Å². The van der Waals surface area contributed by atoms with Gasteiger partial charge in [-0.15, -0.1) is 0 Å². The van der Waals surface area contributed by atoms with Crippen LogP contribution in [-0.2, 0) is 6.54 Å². The Bertz CT molecular complexity index is 1610. The Hall–Kier alpha value is -4.46. The third kappa shape index (κ3) is 3.67. The molecular weight excluding hydrogens is 474 g/mol. The SMILES string of the molecule is [2H][C@]12CCC[C@H]1N=C1N(C)C(=O)c3c(nn(Cc4ccc(-c5cccc(C)n5)cc4)c3Nc3ccccc3)N12. The molecule has 2 aromatic heterocycles. The largest absolute Gasteiger partial charge is 0.340 e. The fourth-order valence-corrected chi connectivity index (χ4v) is 5.62. The molecule has 0 spiro atoms. The number of carbonyl (C=O) groups is 1. The Balaban J connectivity index is 1.31. The second kappa shape index (κ2) is 8.83. The summed E-state index contributed by atoms with van der Waals surface area (Å²) in [5, 5.41) is 8.45. The Labute approximate surface area is 223 Å². The van der Waals surface area contributed by atoms with Crippen LogP contribution in [0.5, 0.6) is 0 Å². The summed E-state index contributed by atoms with van der Waals surface area (Å²) in [5.41, 5.74) is 5.33. The van der Waals surface area contributed by atoms with Crippen molar-refractivity contribution in [2.75, 3.05) is 17.3 Å². The van der Waals surface area contributed by atoms with Crippen LogP contribution in [0.15, 0.2) is 77.8 Å². The van der Waals surface area contributed by atoms with Crippen molar-refractivity contribution in [1.29, 1.82) is 0 Å². The molecule has 2 atom stereocenters. The van der Waals surface area contributed by atoms with Crippen LogP contribution in [-0.4, -0.2) is 50.6 Å². The monoisotopic (exact) mass is 504 g/mol. The van der Waals surface area contributed by atoms with Crippen LogP contribution in [0.1, 0.15) is 42.2 Å². The topological polar surface area (TPSA) is 78.6 Å². The number of aromatic nitrogens is 3. The number of rotatable bonds is 5. The summed E-state index contributed by atoms with van der Waals surface area (Å²) in [6.07, 6.45) is 2.47. The summed E-state index contributed by atoms with van der Waals surface area (Å²) < 4.78 is 11.2. The first-order valence-corrected chi connectivity index (χ1v) is 13.0. The standard InChI is InChI=1S/C30H29N7O/c1-19-8-6-11-23(31-19)21-16-14-20(15-17-21)18-36-27(32-22-9-4-3-5-10-22)26-28(34-36)37-25-13-7-12-24(25)33-30(37)35(2)29(26)38/h3-6,8-11,14-17,24-25,32H,7,12-13,18H2,1-2H3/t24-,25+/m1/s1/i25D. The van der Waals surface area contributed by atoms with E-state index in [1.807, 2.05) is 65.0 Å². The molecule has 1 N–H and O–H groups in total. The molecule has 7 rings (SSSR count). The number of hydrogen-bond donors (Lipinski definition) is 1. The average Bonchev–Trinajstić information content (AvgIpc) is 3.57. The molecule has 0 saturated heterocycles. The zero-order valence-corrected chi connectivity index (χ0v) is 21.4. The molecule has 0 unspecified atom stereocenters. The zero-order chi connectivity index (χ0) is 26.7. The van der Waals surface area contributed by atoms with E-state index in [0.29, 0.717) is 36.1 Å². The van der Waals surface area contributed by atoms with Crippen molar-refractivity contribution in [3.05, 3.63) is 89.6 Å². The molecule has 0 bridgehead atoms. The van der Waals surface area contributed by atoms with Crippen molar-refractivity contribution >= 4 is 29.2 Å². The maximum absolute atomic E-state index is 13.7. The second-order valence-electron chi connectivity index (χ2n) is 10.1. The van der Waals surface area contributed by atoms with E-state index in [0.717, 1.165) is 41.0 Å². The second-order valence-corrected chi connectivity index (χ2v) is 10.1. The summed E-state index contributed by atoms with van der Waals surface area (Å²) in [5.74, 6) is 1.48. The van der Waals surface area contributed by atoms with Crippen LogP contribution in [0.2, 0.25) is 0 Å². The van der Waals surface area contributed by atoms with E-state index in [4.69, 9.17) is 10.1 Å². The van der Waals surface area contributed by atoms with Gasteiger partial charge in [0.1, 0.15) is 11.4 Å². The van der Waals surface area contributed by atoms with E-state index in [-0.39, 0.29) is 11.9 Å². The number of nitrogens with one attached hydrogen (secondary N) is 1. The third-order valence-electron chi connectivity index (χ3n) is 7.52. The van der Waals surface area contributed by atoms with Gasteiger partial charge in [-0.2, -0.15) is 5.10 Å². The molecule has 1 aliphatic carbocycles. The lowest BCUT2D eigenvalue weighted by Crippen LogP contribution is -2.51. The maximum Gasteiger partial charge on any atom is 0.267 e. The lowest BCUT2D eigenvalue weighted by Gasteiger charge is -2.34. The van der Waals surface area contributed by atoms with Crippen molar-refractivity contribution in [3.8, 4) is 11.3 Å². The van der Waals surface area contributed by atoms with Gasteiger partial charge in [0.2, 0.25) is 5.96 Å². The number of aryl methyl sites for hydroxylation is 1. The van der Waals surface area contributed by atoms with Gasteiger partial charge in [-0.25, -0.2) is 9.67 Å². The average molecular weight is 505 g/mol. The normalized spacial score (nSPS) is 22.1.